The summed E-state index contributed by atoms with van der Waals surface area (Å²) in [6.45, 7) is 1.52. The molecule has 23 heavy (non-hydrogen) atoms. The van der Waals surface area contributed by atoms with Gasteiger partial charge in [-0.2, -0.15) is 0 Å². The second kappa shape index (κ2) is 7.74. The third-order valence-electron chi connectivity index (χ3n) is 3.13. The first-order valence-electron chi connectivity index (χ1n) is 7.00. The first-order chi connectivity index (χ1) is 11.0. The number of benzene rings is 2. The van der Waals surface area contributed by atoms with Crippen LogP contribution in [-0.2, 0) is 16.0 Å². The van der Waals surface area contributed by atoms with Crippen molar-refractivity contribution in [1.29, 1.82) is 0 Å². The van der Waals surface area contributed by atoms with Crippen molar-refractivity contribution in [3.8, 4) is 0 Å². The Balaban J connectivity index is 1.90. The van der Waals surface area contributed by atoms with Crippen LogP contribution in [0.5, 0.6) is 0 Å². The quantitative estimate of drug-likeness (QED) is 0.845. The van der Waals surface area contributed by atoms with E-state index in [1.165, 1.54) is 6.07 Å². The maximum absolute atomic E-state index is 13.5. The Hall–Kier alpha value is -2.40. The van der Waals surface area contributed by atoms with E-state index in [1.807, 2.05) is 19.1 Å². The molecule has 0 bridgehead atoms. The Bertz CT molecular complexity index is 716. The van der Waals surface area contributed by atoms with Crippen molar-refractivity contribution >= 4 is 29.2 Å². The van der Waals surface area contributed by atoms with Gasteiger partial charge in [0.2, 0.25) is 0 Å². The van der Waals surface area contributed by atoms with Crippen LogP contribution in [0, 0.1) is 5.82 Å². The molecule has 0 aliphatic heterocycles. The molecular formula is C17H15ClFNO3. The summed E-state index contributed by atoms with van der Waals surface area (Å²) in [6.07, 6.45) is 0.900. The fourth-order valence-corrected chi connectivity index (χ4v) is 2.06. The van der Waals surface area contributed by atoms with E-state index in [4.69, 9.17) is 16.3 Å². The van der Waals surface area contributed by atoms with Gasteiger partial charge in [0.1, 0.15) is 5.82 Å². The average Bonchev–Trinajstić information content (AvgIpc) is 2.55. The number of aryl methyl sites for hydroxylation is 1. The number of anilines is 1. The molecule has 6 heteroatoms. The summed E-state index contributed by atoms with van der Waals surface area (Å²) in [5.74, 6) is -2.21. The molecule has 2 aromatic carbocycles. The van der Waals surface area contributed by atoms with Crippen molar-refractivity contribution in [3.05, 3.63) is 64.4 Å². The van der Waals surface area contributed by atoms with Crippen molar-refractivity contribution in [2.75, 3.05) is 11.9 Å². The molecule has 0 saturated heterocycles. The number of carbonyl (C=O) groups is 2. The van der Waals surface area contributed by atoms with E-state index in [9.17, 15) is 14.0 Å². The third kappa shape index (κ3) is 4.79. The summed E-state index contributed by atoms with van der Waals surface area (Å²) in [5.41, 5.74) is 1.43. The van der Waals surface area contributed by atoms with Crippen LogP contribution in [0.15, 0.2) is 42.5 Å². The van der Waals surface area contributed by atoms with Gasteiger partial charge in [-0.3, -0.25) is 4.79 Å². The normalized spacial score (nSPS) is 10.2. The van der Waals surface area contributed by atoms with Gasteiger partial charge in [-0.15, -0.1) is 0 Å². The number of hydrogen-bond acceptors (Lipinski definition) is 3. The predicted octanol–water partition coefficient (Wildman–Crippen LogP) is 3.84. The van der Waals surface area contributed by atoms with Gasteiger partial charge >= 0.3 is 5.97 Å². The van der Waals surface area contributed by atoms with Gasteiger partial charge in [0.25, 0.3) is 5.91 Å². The maximum atomic E-state index is 13.5. The SMILES string of the molecule is CCc1ccc(NC(=O)COC(=O)c2cc(Cl)ccc2F)cc1. The van der Waals surface area contributed by atoms with Gasteiger partial charge in [-0.1, -0.05) is 30.7 Å². The zero-order valence-corrected chi connectivity index (χ0v) is 13.2. The first-order valence-corrected chi connectivity index (χ1v) is 7.38. The molecule has 2 aromatic rings. The van der Waals surface area contributed by atoms with Crippen molar-refractivity contribution in [2.24, 2.45) is 0 Å². The minimum atomic E-state index is -0.943. The van der Waals surface area contributed by atoms with Crippen LogP contribution in [0.25, 0.3) is 0 Å². The number of nitrogens with one attached hydrogen (secondary N) is 1. The molecule has 0 radical (unpaired) electrons. The minimum Gasteiger partial charge on any atom is -0.452 e. The molecule has 0 aliphatic rings. The van der Waals surface area contributed by atoms with Gasteiger partial charge in [0, 0.05) is 10.7 Å². The number of halogens is 2. The molecule has 0 atom stereocenters. The van der Waals surface area contributed by atoms with Gasteiger partial charge in [0.05, 0.1) is 5.56 Å². The molecule has 2 rings (SSSR count). The van der Waals surface area contributed by atoms with Crippen molar-refractivity contribution < 1.29 is 18.7 Å². The standard InChI is InChI=1S/C17H15ClFNO3/c1-2-11-3-6-13(7-4-11)20-16(21)10-23-17(22)14-9-12(18)5-8-15(14)19/h3-9H,2,10H2,1H3,(H,20,21). The summed E-state index contributed by atoms with van der Waals surface area (Å²) in [7, 11) is 0. The third-order valence-corrected chi connectivity index (χ3v) is 3.36. The van der Waals surface area contributed by atoms with E-state index in [1.54, 1.807) is 12.1 Å². The molecule has 0 heterocycles. The number of amides is 1. The summed E-state index contributed by atoms with van der Waals surface area (Å²) >= 11 is 5.70. The summed E-state index contributed by atoms with van der Waals surface area (Å²) in [6, 6.07) is 10.8. The molecular weight excluding hydrogens is 321 g/mol. The van der Waals surface area contributed by atoms with Crippen molar-refractivity contribution in [3.63, 3.8) is 0 Å². The molecule has 4 nitrogen and oxygen atoms in total. The second-order valence-electron chi connectivity index (χ2n) is 4.80. The van der Waals surface area contributed by atoms with E-state index >= 15 is 0 Å². The summed E-state index contributed by atoms with van der Waals surface area (Å²) in [4.78, 5) is 23.5. The van der Waals surface area contributed by atoms with E-state index in [2.05, 4.69) is 5.32 Å². The topological polar surface area (TPSA) is 55.4 Å². The molecule has 0 unspecified atom stereocenters. The Morgan fingerprint density at radius 3 is 2.52 bits per heavy atom. The molecule has 0 saturated carbocycles. The van der Waals surface area contributed by atoms with Crippen LogP contribution in [0.3, 0.4) is 0 Å². The molecule has 1 N–H and O–H groups in total. The van der Waals surface area contributed by atoms with Crippen LogP contribution in [0.2, 0.25) is 5.02 Å². The molecule has 0 aromatic heterocycles. The lowest BCUT2D eigenvalue weighted by Gasteiger charge is -2.08. The van der Waals surface area contributed by atoms with E-state index in [0.717, 1.165) is 24.1 Å². The van der Waals surface area contributed by atoms with Crippen LogP contribution in [-0.4, -0.2) is 18.5 Å². The van der Waals surface area contributed by atoms with Crippen LogP contribution < -0.4 is 5.32 Å². The minimum absolute atomic E-state index is 0.207. The molecule has 0 fully saturated rings. The highest BCUT2D eigenvalue weighted by atomic mass is 35.5. The lowest BCUT2D eigenvalue weighted by molar-refractivity contribution is -0.119. The Morgan fingerprint density at radius 1 is 1.17 bits per heavy atom. The van der Waals surface area contributed by atoms with E-state index in [-0.39, 0.29) is 10.6 Å². The van der Waals surface area contributed by atoms with E-state index < -0.39 is 24.3 Å². The summed E-state index contributed by atoms with van der Waals surface area (Å²) in [5, 5.41) is 2.80. The highest BCUT2D eigenvalue weighted by Crippen LogP contribution is 2.16. The Kier molecular flexibility index (Phi) is 5.71. The predicted molar refractivity (Wildman–Crippen MR) is 86.1 cm³/mol. The van der Waals surface area contributed by atoms with Gasteiger partial charge in [-0.25, -0.2) is 9.18 Å². The van der Waals surface area contributed by atoms with Crippen LogP contribution >= 0.6 is 11.6 Å². The van der Waals surface area contributed by atoms with E-state index in [0.29, 0.717) is 5.69 Å². The molecule has 120 valence electrons. The second-order valence-corrected chi connectivity index (χ2v) is 5.24. The number of esters is 1. The molecule has 0 spiro atoms. The highest BCUT2D eigenvalue weighted by Gasteiger charge is 2.15. The fraction of sp³-hybridized carbons (Fsp3) is 0.176. The lowest BCUT2D eigenvalue weighted by atomic mass is 10.1. The number of hydrogen-bond donors (Lipinski definition) is 1. The Labute approximate surface area is 138 Å². The van der Waals surface area contributed by atoms with Crippen molar-refractivity contribution in [1.82, 2.24) is 0 Å². The van der Waals surface area contributed by atoms with Gasteiger partial charge in [-0.05, 0) is 42.3 Å². The van der Waals surface area contributed by atoms with Crippen LogP contribution in [0.1, 0.15) is 22.8 Å². The number of rotatable bonds is 5. The largest absolute Gasteiger partial charge is 0.452 e. The maximum Gasteiger partial charge on any atom is 0.341 e. The van der Waals surface area contributed by atoms with Crippen molar-refractivity contribution in [2.45, 2.75) is 13.3 Å². The number of ether oxygens (including phenoxy) is 1. The van der Waals surface area contributed by atoms with Gasteiger partial charge < -0.3 is 10.1 Å². The molecule has 1 amide bonds. The summed E-state index contributed by atoms with van der Waals surface area (Å²) < 4.78 is 18.3. The highest BCUT2D eigenvalue weighted by molar-refractivity contribution is 6.30. The lowest BCUT2D eigenvalue weighted by Crippen LogP contribution is -2.21. The zero-order chi connectivity index (χ0) is 16.8. The Morgan fingerprint density at radius 2 is 1.87 bits per heavy atom. The first kappa shape index (κ1) is 17.0. The zero-order valence-electron chi connectivity index (χ0n) is 12.4. The fourth-order valence-electron chi connectivity index (χ4n) is 1.88. The van der Waals surface area contributed by atoms with Crippen LogP contribution in [0.4, 0.5) is 10.1 Å². The average molecular weight is 336 g/mol. The monoisotopic (exact) mass is 335 g/mol. The number of carbonyl (C=O) groups excluding carboxylic acids is 2. The smallest absolute Gasteiger partial charge is 0.341 e. The molecule has 0 aliphatic carbocycles. The van der Waals surface area contributed by atoms with Gasteiger partial charge in [0.15, 0.2) is 6.61 Å².